The number of anilines is 2. The Morgan fingerprint density at radius 2 is 1.43 bits per heavy atom. The van der Waals surface area contributed by atoms with Crippen LogP contribution in [-0.2, 0) is 24.0 Å². The van der Waals surface area contributed by atoms with Gasteiger partial charge in [0.2, 0.25) is 0 Å². The summed E-state index contributed by atoms with van der Waals surface area (Å²) >= 11 is 0. The second-order valence-electron chi connectivity index (χ2n) is 9.88. The lowest BCUT2D eigenvalue weighted by Crippen LogP contribution is -2.24. The average molecular weight is 608 g/mol. The van der Waals surface area contributed by atoms with E-state index in [-0.39, 0.29) is 29.9 Å². The molecule has 0 bridgehead atoms. The summed E-state index contributed by atoms with van der Waals surface area (Å²) in [6, 6.07) is 19.5. The fourth-order valence-corrected chi connectivity index (χ4v) is 5.00. The monoisotopic (exact) mass is 607 g/mol. The maximum absolute atomic E-state index is 15.8. The number of rotatable bonds is 9. The number of aryl methyl sites for hydroxylation is 1. The number of nitrogen functional groups attached to an aromatic ring is 1. The number of methoxy groups -OCH3 is 3. The first-order chi connectivity index (χ1) is 20.9. The van der Waals surface area contributed by atoms with E-state index >= 15 is 4.39 Å². The maximum Gasteiger partial charge on any atom is 0.417 e. The first-order valence-corrected chi connectivity index (χ1v) is 13.3. The summed E-state index contributed by atoms with van der Waals surface area (Å²) in [4.78, 5) is 13.8. The summed E-state index contributed by atoms with van der Waals surface area (Å²) < 4.78 is 74.7. The van der Waals surface area contributed by atoms with E-state index in [2.05, 4.69) is 4.74 Å². The highest BCUT2D eigenvalue weighted by molar-refractivity contribution is 5.97. The summed E-state index contributed by atoms with van der Waals surface area (Å²) in [7, 11) is 4.12. The van der Waals surface area contributed by atoms with Crippen molar-refractivity contribution in [1.29, 1.82) is 5.26 Å². The van der Waals surface area contributed by atoms with E-state index in [9.17, 15) is 23.2 Å². The number of carbonyl (C=O) groups excluding carboxylic acids is 1. The van der Waals surface area contributed by atoms with Crippen molar-refractivity contribution < 1.29 is 36.6 Å². The third kappa shape index (κ3) is 6.39. The van der Waals surface area contributed by atoms with Crippen molar-refractivity contribution in [2.24, 2.45) is 0 Å². The van der Waals surface area contributed by atoms with Crippen molar-refractivity contribution >= 4 is 17.3 Å². The number of benzene rings is 4. The van der Waals surface area contributed by atoms with E-state index in [1.807, 2.05) is 6.07 Å². The van der Waals surface area contributed by atoms with E-state index in [0.717, 1.165) is 30.4 Å². The largest absolute Gasteiger partial charge is 0.497 e. The molecule has 7 nitrogen and oxygen atoms in total. The summed E-state index contributed by atoms with van der Waals surface area (Å²) in [6.45, 7) is 1.61. The Bertz CT molecular complexity index is 1660. The molecule has 0 saturated heterocycles. The Labute approximate surface area is 252 Å². The third-order valence-electron chi connectivity index (χ3n) is 7.16. The van der Waals surface area contributed by atoms with E-state index in [4.69, 9.17) is 15.2 Å². The normalized spacial score (nSPS) is 11.1. The van der Waals surface area contributed by atoms with Gasteiger partial charge in [-0.3, -0.25) is 0 Å². The van der Waals surface area contributed by atoms with Gasteiger partial charge < -0.3 is 24.8 Å². The summed E-state index contributed by atoms with van der Waals surface area (Å²) in [5.74, 6) is -1.00. The second-order valence-corrected chi connectivity index (χ2v) is 9.88. The van der Waals surface area contributed by atoms with Gasteiger partial charge in [0.25, 0.3) is 0 Å². The number of nitriles is 1. The molecule has 0 aromatic heterocycles. The first-order valence-electron chi connectivity index (χ1n) is 13.3. The lowest BCUT2D eigenvalue weighted by Gasteiger charge is -2.29. The smallest absolute Gasteiger partial charge is 0.417 e. The maximum atomic E-state index is 15.8. The minimum absolute atomic E-state index is 0.148. The zero-order valence-corrected chi connectivity index (χ0v) is 24.4. The SMILES string of the molecule is COC(=O)c1ccc(-c2c(C#N)c(N(Cc3ccc(OC)cc3)Cc3ccc(OC)cc3)cc(C)c2C(F)(F)F)c(F)c1N. The lowest BCUT2D eigenvalue weighted by atomic mass is 9.88. The molecule has 0 aliphatic rings. The number of nitrogens with zero attached hydrogens (tertiary/aromatic N) is 2. The van der Waals surface area contributed by atoms with Crippen LogP contribution in [0, 0.1) is 24.1 Å². The number of hydrogen-bond donors (Lipinski definition) is 1. The molecular formula is C33H29F4N3O4. The van der Waals surface area contributed by atoms with Gasteiger partial charge in [-0.05, 0) is 60.0 Å². The van der Waals surface area contributed by atoms with Gasteiger partial charge in [-0.15, -0.1) is 0 Å². The van der Waals surface area contributed by atoms with Crippen LogP contribution < -0.4 is 20.1 Å². The fraction of sp³-hybridized carbons (Fsp3) is 0.212. The number of hydrogen-bond acceptors (Lipinski definition) is 7. The number of halogens is 4. The van der Waals surface area contributed by atoms with Crippen LogP contribution in [0.25, 0.3) is 11.1 Å². The van der Waals surface area contributed by atoms with Gasteiger partial charge in [0.1, 0.15) is 17.6 Å². The van der Waals surface area contributed by atoms with E-state index < -0.39 is 45.9 Å². The van der Waals surface area contributed by atoms with Crippen LogP contribution in [-0.4, -0.2) is 27.3 Å². The highest BCUT2D eigenvalue weighted by Gasteiger charge is 2.39. The Morgan fingerprint density at radius 1 is 0.909 bits per heavy atom. The molecule has 0 saturated carbocycles. The molecule has 4 aromatic carbocycles. The Morgan fingerprint density at radius 3 is 1.86 bits per heavy atom. The van der Waals surface area contributed by atoms with Gasteiger partial charge in [-0.1, -0.05) is 30.3 Å². The van der Waals surface area contributed by atoms with Crippen molar-refractivity contribution in [2.75, 3.05) is 32.0 Å². The minimum atomic E-state index is -4.96. The molecule has 11 heteroatoms. The molecule has 44 heavy (non-hydrogen) atoms. The van der Waals surface area contributed by atoms with E-state index in [0.29, 0.717) is 11.5 Å². The number of esters is 1. The van der Waals surface area contributed by atoms with Gasteiger partial charge in [-0.2, -0.15) is 18.4 Å². The van der Waals surface area contributed by atoms with Crippen molar-refractivity contribution in [3.05, 3.63) is 106 Å². The molecule has 228 valence electrons. The Hall–Kier alpha value is -5.24. The molecule has 0 aliphatic carbocycles. The molecule has 4 aromatic rings. The second kappa shape index (κ2) is 13.0. The van der Waals surface area contributed by atoms with Crippen molar-refractivity contribution in [2.45, 2.75) is 26.2 Å². The van der Waals surface area contributed by atoms with Gasteiger partial charge in [0.15, 0.2) is 5.82 Å². The topological polar surface area (TPSA) is 97.8 Å². The van der Waals surface area contributed by atoms with Gasteiger partial charge in [-0.25, -0.2) is 9.18 Å². The van der Waals surface area contributed by atoms with Crippen LogP contribution in [0.4, 0.5) is 28.9 Å². The van der Waals surface area contributed by atoms with Crippen molar-refractivity contribution in [1.82, 2.24) is 0 Å². The number of alkyl halides is 3. The Kier molecular flexibility index (Phi) is 9.33. The lowest BCUT2D eigenvalue weighted by molar-refractivity contribution is -0.137. The summed E-state index contributed by atoms with van der Waals surface area (Å²) in [5.41, 5.74) is 3.45. The van der Waals surface area contributed by atoms with Crippen LogP contribution >= 0.6 is 0 Å². The quantitative estimate of drug-likeness (QED) is 0.121. The summed E-state index contributed by atoms with van der Waals surface area (Å²) in [5, 5.41) is 10.4. The molecule has 0 fully saturated rings. The van der Waals surface area contributed by atoms with E-state index in [1.54, 1.807) is 53.4 Å². The van der Waals surface area contributed by atoms with Crippen molar-refractivity contribution in [3.63, 3.8) is 0 Å². The molecule has 0 unspecified atom stereocenters. The van der Waals surface area contributed by atoms with Gasteiger partial charge in [0, 0.05) is 24.2 Å². The standard InChI is InChI=1S/C33H29F4N3O4/c1-19-15-27(40(17-20-5-9-22(42-2)10-6-20)18-21-7-11-23(43-3)12-8-21)26(16-38)28(29(19)33(35,36)37)24-13-14-25(32(41)44-4)31(39)30(24)34/h5-15H,17-18,39H2,1-4H3. The third-order valence-corrected chi connectivity index (χ3v) is 7.16. The molecular weight excluding hydrogens is 578 g/mol. The molecule has 0 aliphatic heterocycles. The molecule has 0 spiro atoms. The minimum Gasteiger partial charge on any atom is -0.497 e. The zero-order chi connectivity index (χ0) is 32.2. The molecule has 4 rings (SSSR count). The van der Waals surface area contributed by atoms with Crippen LogP contribution in [0.1, 0.15) is 38.2 Å². The Balaban J connectivity index is 1.99. The van der Waals surface area contributed by atoms with Crippen LogP contribution in [0.3, 0.4) is 0 Å². The molecule has 2 N–H and O–H groups in total. The van der Waals surface area contributed by atoms with E-state index in [1.165, 1.54) is 27.2 Å². The fourth-order valence-electron chi connectivity index (χ4n) is 5.00. The van der Waals surface area contributed by atoms with Gasteiger partial charge >= 0.3 is 12.1 Å². The zero-order valence-electron chi connectivity index (χ0n) is 24.4. The van der Waals surface area contributed by atoms with Gasteiger partial charge in [0.05, 0.1) is 49.4 Å². The molecule has 0 atom stereocenters. The highest BCUT2D eigenvalue weighted by Crippen LogP contribution is 2.46. The average Bonchev–Trinajstić information content (AvgIpc) is 3.01. The van der Waals surface area contributed by atoms with Crippen LogP contribution in [0.2, 0.25) is 0 Å². The number of nitrogens with two attached hydrogens (primary N) is 1. The number of ether oxygens (including phenoxy) is 3. The predicted octanol–water partition coefficient (Wildman–Crippen LogP) is 7.28. The first kappa shape index (κ1) is 31.7. The van der Waals surface area contributed by atoms with Crippen molar-refractivity contribution in [3.8, 4) is 28.7 Å². The van der Waals surface area contributed by atoms with Crippen LogP contribution in [0.5, 0.6) is 11.5 Å². The highest BCUT2D eigenvalue weighted by atomic mass is 19.4. The molecule has 0 heterocycles. The van der Waals surface area contributed by atoms with Crippen LogP contribution in [0.15, 0.2) is 66.7 Å². The molecule has 0 radical (unpaired) electrons. The molecule has 0 amide bonds. The predicted molar refractivity (Wildman–Crippen MR) is 158 cm³/mol. The summed E-state index contributed by atoms with van der Waals surface area (Å²) in [6.07, 6.45) is -4.96. The number of carbonyl (C=O) groups is 1.